The van der Waals surface area contributed by atoms with Crippen LogP contribution in [0.15, 0.2) is 73.1 Å². The number of benzene rings is 1. The van der Waals surface area contributed by atoms with Crippen molar-refractivity contribution in [1.82, 2.24) is 24.7 Å². The van der Waals surface area contributed by atoms with Crippen LogP contribution in [0.1, 0.15) is 40.9 Å². The third-order valence-electron chi connectivity index (χ3n) is 6.73. The number of rotatable bonds is 6. The number of piperidine rings is 1. The smallest absolute Gasteiger partial charge is 0.407 e. The number of aromatic nitrogens is 2. The summed E-state index contributed by atoms with van der Waals surface area (Å²) in [6.07, 6.45) is 6.57. The van der Waals surface area contributed by atoms with Gasteiger partial charge in [0.05, 0.1) is 5.69 Å². The number of likely N-dealkylation sites (tertiary alicyclic amines) is 1. The van der Waals surface area contributed by atoms with Crippen molar-refractivity contribution >= 4 is 17.8 Å². The maximum atomic E-state index is 12.2. The molecule has 38 heavy (non-hydrogen) atoms. The molecule has 0 bridgehead atoms. The highest BCUT2D eigenvalue weighted by Crippen LogP contribution is 2.14. The van der Waals surface area contributed by atoms with E-state index in [-0.39, 0.29) is 5.91 Å². The molecule has 2 aliphatic heterocycles. The van der Waals surface area contributed by atoms with Crippen LogP contribution in [0.3, 0.4) is 0 Å². The van der Waals surface area contributed by atoms with E-state index in [1.807, 2.05) is 54.6 Å². The lowest BCUT2D eigenvalue weighted by Crippen LogP contribution is -2.47. The largest absolute Gasteiger partial charge is 0.465 e. The van der Waals surface area contributed by atoms with E-state index < -0.39 is 6.09 Å². The average molecular weight is 517 g/mol. The van der Waals surface area contributed by atoms with Gasteiger partial charge >= 0.3 is 6.09 Å². The van der Waals surface area contributed by atoms with Crippen LogP contribution in [0, 0.1) is 0 Å². The predicted octanol–water partition coefficient (Wildman–Crippen LogP) is 4.20. The molecule has 2 fully saturated rings. The third kappa shape index (κ3) is 8.64. The van der Waals surface area contributed by atoms with Crippen LogP contribution >= 0.6 is 0 Å². The minimum absolute atomic E-state index is 0.122. The van der Waals surface area contributed by atoms with Gasteiger partial charge < -0.3 is 15.3 Å². The second-order valence-corrected chi connectivity index (χ2v) is 9.57. The van der Waals surface area contributed by atoms with Gasteiger partial charge in [0.25, 0.3) is 5.91 Å². The summed E-state index contributed by atoms with van der Waals surface area (Å²) >= 11 is 0. The van der Waals surface area contributed by atoms with E-state index in [0.29, 0.717) is 24.5 Å². The second kappa shape index (κ2) is 14.2. The second-order valence-electron chi connectivity index (χ2n) is 9.57. The fraction of sp³-hybridized carbons (Fsp3) is 0.379. The van der Waals surface area contributed by atoms with E-state index in [4.69, 9.17) is 5.11 Å². The van der Waals surface area contributed by atoms with Crippen molar-refractivity contribution in [3.63, 3.8) is 0 Å². The van der Waals surface area contributed by atoms with Crippen LogP contribution in [0.5, 0.6) is 0 Å². The highest BCUT2D eigenvalue weighted by molar-refractivity contribution is 6.03. The van der Waals surface area contributed by atoms with Crippen LogP contribution in [0.25, 0.3) is 0 Å². The Labute approximate surface area is 224 Å². The molecule has 4 heterocycles. The highest BCUT2D eigenvalue weighted by Gasteiger charge is 2.20. The van der Waals surface area contributed by atoms with Gasteiger partial charge in [-0.05, 0) is 67.9 Å². The third-order valence-corrected chi connectivity index (χ3v) is 6.73. The standard InChI is InChI=1S/C18H21N3O.C11H15N3O2/c22-18(20-17-6-2-3-11-19-17)16-9-7-15(8-10-16)14-21-12-4-1-5-13-21;15-11(16)14-7-5-13(6-8-14)9-10-3-1-2-4-12-10/h2-3,6-11H,1,4-5,12-14H2,(H,19,20,22);1-4H,5-9H2,(H,15,16). The zero-order chi connectivity index (χ0) is 26.6. The van der Waals surface area contributed by atoms with E-state index in [1.165, 1.54) is 42.8 Å². The van der Waals surface area contributed by atoms with E-state index in [9.17, 15) is 9.59 Å². The number of nitrogens with zero attached hydrogens (tertiary/aromatic N) is 5. The Hall–Kier alpha value is -3.82. The van der Waals surface area contributed by atoms with Crippen LogP contribution in [-0.2, 0) is 13.1 Å². The van der Waals surface area contributed by atoms with Gasteiger partial charge in [-0.15, -0.1) is 0 Å². The minimum atomic E-state index is -0.822. The number of nitrogens with one attached hydrogen (secondary N) is 1. The molecule has 0 aliphatic carbocycles. The molecular weight excluding hydrogens is 480 g/mol. The molecule has 0 spiro atoms. The topological polar surface area (TPSA) is 102 Å². The van der Waals surface area contributed by atoms with Crippen LogP contribution in [0.4, 0.5) is 10.6 Å². The van der Waals surface area contributed by atoms with Crippen molar-refractivity contribution < 1.29 is 14.7 Å². The zero-order valence-corrected chi connectivity index (χ0v) is 21.7. The summed E-state index contributed by atoms with van der Waals surface area (Å²) in [7, 11) is 0. The lowest BCUT2D eigenvalue weighted by molar-refractivity contribution is 0.101. The van der Waals surface area contributed by atoms with Crippen LogP contribution in [-0.4, -0.2) is 81.0 Å². The van der Waals surface area contributed by atoms with Crippen molar-refractivity contribution in [3.05, 3.63) is 89.9 Å². The molecule has 9 nitrogen and oxygen atoms in total. The first-order chi connectivity index (χ1) is 18.6. The molecule has 0 unspecified atom stereocenters. The number of carbonyl (C=O) groups excluding carboxylic acids is 1. The fourth-order valence-corrected chi connectivity index (χ4v) is 4.58. The Morgan fingerprint density at radius 2 is 1.39 bits per heavy atom. The van der Waals surface area contributed by atoms with Gasteiger partial charge in [0.15, 0.2) is 0 Å². The Morgan fingerprint density at radius 1 is 0.737 bits per heavy atom. The van der Waals surface area contributed by atoms with Gasteiger partial charge in [0, 0.05) is 57.2 Å². The summed E-state index contributed by atoms with van der Waals surface area (Å²) in [5.41, 5.74) is 2.95. The molecule has 2 saturated heterocycles. The zero-order valence-electron chi connectivity index (χ0n) is 21.7. The number of carboxylic acid groups (broad SMARTS) is 1. The first-order valence-corrected chi connectivity index (χ1v) is 13.2. The number of anilines is 1. The molecule has 2 amide bonds. The lowest BCUT2D eigenvalue weighted by atomic mass is 10.1. The Morgan fingerprint density at radius 3 is 2.00 bits per heavy atom. The van der Waals surface area contributed by atoms with Gasteiger partial charge in [0.2, 0.25) is 0 Å². The van der Waals surface area contributed by atoms with Crippen molar-refractivity contribution in [2.45, 2.75) is 32.4 Å². The predicted molar refractivity (Wildman–Crippen MR) is 147 cm³/mol. The molecule has 200 valence electrons. The summed E-state index contributed by atoms with van der Waals surface area (Å²) in [5, 5.41) is 11.6. The SMILES string of the molecule is O=C(Nc1ccccn1)c1ccc(CN2CCCCC2)cc1.O=C(O)N1CCN(Cc2ccccn2)CC1. The molecule has 5 rings (SSSR count). The quantitative estimate of drug-likeness (QED) is 0.506. The molecule has 2 aromatic heterocycles. The van der Waals surface area contributed by atoms with Gasteiger partial charge in [-0.2, -0.15) is 0 Å². The molecule has 1 aromatic carbocycles. The summed E-state index contributed by atoms with van der Waals surface area (Å²) in [4.78, 5) is 37.4. The summed E-state index contributed by atoms with van der Waals surface area (Å²) in [6, 6.07) is 19.2. The van der Waals surface area contributed by atoms with Crippen LogP contribution in [0.2, 0.25) is 0 Å². The first-order valence-electron chi connectivity index (χ1n) is 13.2. The highest BCUT2D eigenvalue weighted by atomic mass is 16.4. The number of pyridine rings is 2. The Kier molecular flexibility index (Phi) is 10.2. The minimum Gasteiger partial charge on any atom is -0.465 e. The molecule has 0 atom stereocenters. The van der Waals surface area contributed by atoms with Crippen molar-refractivity contribution in [2.75, 3.05) is 44.6 Å². The van der Waals surface area contributed by atoms with E-state index in [0.717, 1.165) is 31.9 Å². The molecule has 0 saturated carbocycles. The van der Waals surface area contributed by atoms with E-state index in [2.05, 4.69) is 25.1 Å². The number of carbonyl (C=O) groups is 2. The van der Waals surface area contributed by atoms with Crippen molar-refractivity contribution in [3.8, 4) is 0 Å². The molecule has 3 aromatic rings. The molecular formula is C29H36N6O3. The average Bonchev–Trinajstić information content (AvgIpc) is 2.96. The van der Waals surface area contributed by atoms with Gasteiger partial charge in [0.1, 0.15) is 5.82 Å². The monoisotopic (exact) mass is 516 g/mol. The number of piperazine rings is 1. The normalized spacial score (nSPS) is 16.3. The Balaban J connectivity index is 0.000000186. The molecule has 2 aliphatic rings. The fourth-order valence-electron chi connectivity index (χ4n) is 4.58. The number of hydrogen-bond acceptors (Lipinski definition) is 6. The van der Waals surface area contributed by atoms with Crippen molar-refractivity contribution in [1.29, 1.82) is 0 Å². The summed E-state index contributed by atoms with van der Waals surface area (Å²) in [5.74, 6) is 0.452. The Bertz CT molecular complexity index is 1130. The number of amides is 2. The molecule has 9 heteroatoms. The molecule has 2 N–H and O–H groups in total. The summed E-state index contributed by atoms with van der Waals surface area (Å²) in [6.45, 7) is 6.87. The summed E-state index contributed by atoms with van der Waals surface area (Å²) < 4.78 is 0. The number of hydrogen-bond donors (Lipinski definition) is 2. The van der Waals surface area contributed by atoms with E-state index >= 15 is 0 Å². The van der Waals surface area contributed by atoms with Crippen LogP contribution < -0.4 is 5.32 Å². The van der Waals surface area contributed by atoms with Gasteiger partial charge in [-0.1, -0.05) is 30.7 Å². The maximum Gasteiger partial charge on any atom is 0.407 e. The first kappa shape index (κ1) is 27.2. The molecule has 0 radical (unpaired) electrons. The lowest BCUT2D eigenvalue weighted by Gasteiger charge is -2.32. The van der Waals surface area contributed by atoms with Gasteiger partial charge in [-0.3, -0.25) is 19.6 Å². The maximum absolute atomic E-state index is 12.2. The van der Waals surface area contributed by atoms with E-state index in [1.54, 1.807) is 18.5 Å². The van der Waals surface area contributed by atoms with Gasteiger partial charge in [-0.25, -0.2) is 9.78 Å². The van der Waals surface area contributed by atoms with Crippen molar-refractivity contribution in [2.24, 2.45) is 0 Å².